The Morgan fingerprint density at radius 2 is 1.52 bits per heavy atom. The van der Waals surface area contributed by atoms with E-state index < -0.39 is 0 Å². The summed E-state index contributed by atoms with van der Waals surface area (Å²) < 4.78 is 0. The van der Waals surface area contributed by atoms with Crippen LogP contribution in [-0.4, -0.2) is 24.7 Å². The van der Waals surface area contributed by atoms with E-state index in [1.807, 2.05) is 43.4 Å². The maximum atomic E-state index is 8.43. The molecule has 154 valence electrons. The van der Waals surface area contributed by atoms with Crippen molar-refractivity contribution in [3.05, 3.63) is 114 Å². The Morgan fingerprint density at radius 1 is 0.806 bits per heavy atom. The van der Waals surface area contributed by atoms with Crippen LogP contribution in [0.4, 0.5) is 0 Å². The Hall–Kier alpha value is -3.65. The lowest BCUT2D eigenvalue weighted by Gasteiger charge is -2.15. The normalized spacial score (nSPS) is 13.3. The van der Waals surface area contributed by atoms with Gasteiger partial charge in [0.1, 0.15) is 0 Å². The number of allylic oxidation sites excluding steroid dienone is 5. The molecule has 0 heterocycles. The maximum Gasteiger partial charge on any atom is 0.0626 e. The van der Waals surface area contributed by atoms with Crippen molar-refractivity contribution in [2.75, 3.05) is 14.1 Å². The quantitative estimate of drug-likeness (QED) is 0.432. The zero-order valence-electron chi connectivity index (χ0n) is 18.2. The summed E-state index contributed by atoms with van der Waals surface area (Å²) in [5.41, 5.74) is 8.82. The molecular weight excluding hydrogens is 376 g/mol. The molecule has 3 aromatic carbocycles. The first-order valence-corrected chi connectivity index (χ1v) is 10.7. The van der Waals surface area contributed by atoms with Gasteiger partial charge in [-0.2, -0.15) is 0 Å². The monoisotopic (exact) mass is 404 g/mol. The van der Waals surface area contributed by atoms with Crippen LogP contribution in [0, 0.1) is 5.41 Å². The van der Waals surface area contributed by atoms with Gasteiger partial charge in [0.25, 0.3) is 0 Å². The van der Waals surface area contributed by atoms with Crippen LogP contribution in [0.2, 0.25) is 0 Å². The smallest absolute Gasteiger partial charge is 0.0626 e. The molecule has 1 N–H and O–H groups in total. The van der Waals surface area contributed by atoms with Crippen molar-refractivity contribution in [1.82, 2.24) is 4.90 Å². The predicted octanol–water partition coefficient (Wildman–Crippen LogP) is 7.20. The molecule has 31 heavy (non-hydrogen) atoms. The van der Waals surface area contributed by atoms with Crippen molar-refractivity contribution in [1.29, 1.82) is 5.41 Å². The molecule has 1 aliphatic carbocycles. The summed E-state index contributed by atoms with van der Waals surface area (Å²) in [4.78, 5) is 1.94. The van der Waals surface area contributed by atoms with E-state index in [0.29, 0.717) is 5.71 Å². The second kappa shape index (κ2) is 9.44. The number of rotatable bonds is 6. The Balaban J connectivity index is 1.79. The molecule has 0 aliphatic heterocycles. The van der Waals surface area contributed by atoms with Gasteiger partial charge in [0, 0.05) is 25.9 Å². The minimum Gasteiger partial charge on any atom is -0.383 e. The fourth-order valence-corrected chi connectivity index (χ4v) is 3.81. The number of benzene rings is 3. The Kier molecular flexibility index (Phi) is 6.28. The molecule has 0 spiro atoms. The molecule has 0 aromatic heterocycles. The Labute approximate surface area is 185 Å². The molecule has 2 heteroatoms. The summed E-state index contributed by atoms with van der Waals surface area (Å²) in [5.74, 6) is 0. The molecular formula is C29H28N2. The van der Waals surface area contributed by atoms with Gasteiger partial charge in [-0.05, 0) is 76.6 Å². The zero-order valence-corrected chi connectivity index (χ0v) is 18.2. The van der Waals surface area contributed by atoms with Crippen molar-refractivity contribution >= 4 is 11.3 Å². The molecule has 0 amide bonds. The van der Waals surface area contributed by atoms with Crippen molar-refractivity contribution in [2.24, 2.45) is 0 Å². The van der Waals surface area contributed by atoms with Crippen LogP contribution in [0.25, 0.3) is 27.8 Å². The first-order chi connectivity index (χ1) is 15.1. The molecule has 0 bridgehead atoms. The molecule has 2 nitrogen and oxygen atoms in total. The fourth-order valence-electron chi connectivity index (χ4n) is 3.81. The van der Waals surface area contributed by atoms with E-state index >= 15 is 0 Å². The van der Waals surface area contributed by atoms with Crippen LogP contribution in [0.5, 0.6) is 0 Å². The molecule has 0 saturated heterocycles. The standard InChI is InChI=1S/C29H28N2/c1-31(2)17-16-29(30)25-15-9-14-24(18-25)28-20-26(22-10-5-3-6-11-22)19-27(21-28)23-12-7-4-8-13-23/h3-7,9-12,14-21,30H,8,13H2,1-2H3/b17-16-,30-29?. The molecule has 0 fully saturated rings. The van der Waals surface area contributed by atoms with Gasteiger partial charge in [-0.25, -0.2) is 0 Å². The van der Waals surface area contributed by atoms with E-state index in [2.05, 4.69) is 78.9 Å². The highest BCUT2D eigenvalue weighted by atomic mass is 15.0. The topological polar surface area (TPSA) is 27.1 Å². The lowest BCUT2D eigenvalue weighted by atomic mass is 9.90. The molecule has 4 rings (SSSR count). The summed E-state index contributed by atoms with van der Waals surface area (Å²) >= 11 is 0. The second-order valence-corrected chi connectivity index (χ2v) is 8.10. The number of hydrogen-bond donors (Lipinski definition) is 1. The van der Waals surface area contributed by atoms with Gasteiger partial charge in [0.05, 0.1) is 5.71 Å². The van der Waals surface area contributed by atoms with Crippen LogP contribution in [0.1, 0.15) is 24.0 Å². The number of nitrogens with one attached hydrogen (secondary N) is 1. The summed E-state index contributed by atoms with van der Waals surface area (Å²) in [6.45, 7) is 0. The summed E-state index contributed by atoms with van der Waals surface area (Å²) in [7, 11) is 3.93. The van der Waals surface area contributed by atoms with Gasteiger partial charge in [-0.3, -0.25) is 0 Å². The highest BCUT2D eigenvalue weighted by Gasteiger charge is 2.10. The van der Waals surface area contributed by atoms with Crippen LogP contribution < -0.4 is 0 Å². The first kappa shape index (κ1) is 20.6. The fraction of sp³-hybridized carbons (Fsp3) is 0.138. The van der Waals surface area contributed by atoms with Crippen LogP contribution in [0.15, 0.2) is 103 Å². The van der Waals surface area contributed by atoms with Crippen LogP contribution in [-0.2, 0) is 0 Å². The zero-order chi connectivity index (χ0) is 21.6. The van der Waals surface area contributed by atoms with E-state index in [9.17, 15) is 0 Å². The lowest BCUT2D eigenvalue weighted by Crippen LogP contribution is -2.03. The number of nitrogens with zero attached hydrogens (tertiary/aromatic N) is 1. The third-order valence-corrected chi connectivity index (χ3v) is 5.47. The summed E-state index contributed by atoms with van der Waals surface area (Å²) in [6.07, 6.45) is 12.5. The molecule has 0 radical (unpaired) electrons. The Morgan fingerprint density at radius 3 is 2.23 bits per heavy atom. The van der Waals surface area contributed by atoms with Gasteiger partial charge in [-0.15, -0.1) is 0 Å². The average Bonchev–Trinajstić information content (AvgIpc) is 2.83. The van der Waals surface area contributed by atoms with Crippen molar-refractivity contribution in [3.63, 3.8) is 0 Å². The van der Waals surface area contributed by atoms with E-state index in [4.69, 9.17) is 5.41 Å². The molecule has 0 unspecified atom stereocenters. The van der Waals surface area contributed by atoms with E-state index in [0.717, 1.165) is 24.0 Å². The van der Waals surface area contributed by atoms with Crippen molar-refractivity contribution in [3.8, 4) is 22.3 Å². The highest BCUT2D eigenvalue weighted by molar-refractivity contribution is 6.07. The molecule has 3 aromatic rings. The maximum absolute atomic E-state index is 8.43. The van der Waals surface area contributed by atoms with Crippen LogP contribution in [0.3, 0.4) is 0 Å². The molecule has 0 saturated carbocycles. The van der Waals surface area contributed by atoms with Crippen LogP contribution >= 0.6 is 0 Å². The summed E-state index contributed by atoms with van der Waals surface area (Å²) in [5, 5.41) is 8.43. The largest absolute Gasteiger partial charge is 0.383 e. The summed E-state index contributed by atoms with van der Waals surface area (Å²) in [6, 6.07) is 25.7. The minimum atomic E-state index is 0.509. The Bertz CT molecular complexity index is 1160. The number of hydrogen-bond acceptors (Lipinski definition) is 2. The molecule has 1 aliphatic rings. The third-order valence-electron chi connectivity index (χ3n) is 5.47. The second-order valence-electron chi connectivity index (χ2n) is 8.10. The molecule has 0 atom stereocenters. The van der Waals surface area contributed by atoms with E-state index in [1.165, 1.54) is 27.8 Å². The minimum absolute atomic E-state index is 0.509. The van der Waals surface area contributed by atoms with E-state index in [1.54, 1.807) is 0 Å². The van der Waals surface area contributed by atoms with Gasteiger partial charge >= 0.3 is 0 Å². The van der Waals surface area contributed by atoms with Gasteiger partial charge in [0.2, 0.25) is 0 Å². The third kappa shape index (κ3) is 5.10. The van der Waals surface area contributed by atoms with Crippen molar-refractivity contribution < 1.29 is 0 Å². The van der Waals surface area contributed by atoms with Gasteiger partial charge < -0.3 is 10.3 Å². The SMILES string of the molecule is CN(C)/C=C\C(=N)c1cccc(-c2cc(C3=CC=CCC3)cc(-c3ccccc3)c2)c1. The highest BCUT2D eigenvalue weighted by Crippen LogP contribution is 2.33. The van der Waals surface area contributed by atoms with Gasteiger partial charge in [-0.1, -0.05) is 66.8 Å². The van der Waals surface area contributed by atoms with Crippen molar-refractivity contribution in [2.45, 2.75) is 12.8 Å². The average molecular weight is 405 g/mol. The predicted molar refractivity (Wildman–Crippen MR) is 133 cm³/mol. The van der Waals surface area contributed by atoms with E-state index in [-0.39, 0.29) is 0 Å². The van der Waals surface area contributed by atoms with Gasteiger partial charge in [0.15, 0.2) is 0 Å². The lowest BCUT2D eigenvalue weighted by molar-refractivity contribution is 0.564. The first-order valence-electron chi connectivity index (χ1n) is 10.7.